The van der Waals surface area contributed by atoms with Crippen molar-refractivity contribution in [1.29, 1.82) is 0 Å². The highest BCUT2D eigenvalue weighted by atomic mass is 19.1. The van der Waals surface area contributed by atoms with Crippen LogP contribution in [0, 0.1) is 36.0 Å². The molecule has 1 aromatic carbocycles. The number of hydrogen-bond donors (Lipinski definition) is 2. The highest BCUT2D eigenvalue weighted by Crippen LogP contribution is 2.52. The van der Waals surface area contributed by atoms with Gasteiger partial charge in [0.15, 0.2) is 0 Å². The highest BCUT2D eigenvalue weighted by molar-refractivity contribution is 6.09. The summed E-state index contributed by atoms with van der Waals surface area (Å²) in [5.41, 5.74) is 5.98. The first-order valence-corrected chi connectivity index (χ1v) is 25.9. The van der Waals surface area contributed by atoms with Crippen LogP contribution in [0.1, 0.15) is 198 Å². The fourth-order valence-corrected chi connectivity index (χ4v) is 8.60. The van der Waals surface area contributed by atoms with Gasteiger partial charge in [-0.25, -0.2) is 9.37 Å². The number of carbonyl (C=O) groups is 1. The fourth-order valence-electron chi connectivity index (χ4n) is 8.60. The molecule has 1 amide bonds. The molecule has 0 bridgehead atoms. The number of amides is 1. The minimum absolute atomic E-state index is 0.249. The minimum atomic E-state index is -0.465. The van der Waals surface area contributed by atoms with Crippen molar-refractivity contribution in [3.8, 4) is 11.3 Å². The van der Waals surface area contributed by atoms with Gasteiger partial charge < -0.3 is 20.1 Å². The second kappa shape index (κ2) is 31.4. The molecule has 2 aromatic rings. The number of rotatable bonds is 19. The zero-order chi connectivity index (χ0) is 50.0. The Hall–Kier alpha value is -3.62. The van der Waals surface area contributed by atoms with Crippen LogP contribution in [0.4, 0.5) is 21.6 Å². The number of benzene rings is 1. The minimum Gasteiger partial charge on any atom is -0.400 e. The Balaban J connectivity index is 0.000000854. The van der Waals surface area contributed by atoms with Crippen molar-refractivity contribution in [2.24, 2.45) is 34.1 Å². The number of hydrogen-bond acceptors (Lipinski definition) is 6. The second-order valence-electron chi connectivity index (χ2n) is 20.2. The van der Waals surface area contributed by atoms with E-state index in [1.807, 2.05) is 39.1 Å². The number of aromatic nitrogens is 1. The van der Waals surface area contributed by atoms with Crippen LogP contribution in [0.2, 0.25) is 0 Å². The summed E-state index contributed by atoms with van der Waals surface area (Å²) in [6, 6.07) is 8.72. The third-order valence-corrected chi connectivity index (χ3v) is 12.8. The van der Waals surface area contributed by atoms with E-state index in [4.69, 9.17) is 19.8 Å². The number of nitrogens with zero attached hydrogens (tertiary/aromatic N) is 3. The Morgan fingerprint density at radius 1 is 0.955 bits per heavy atom. The first-order chi connectivity index (χ1) is 31.4. The average molecular weight is 917 g/mol. The molecule has 1 aromatic heterocycles. The predicted molar refractivity (Wildman–Crippen MR) is 286 cm³/mol. The summed E-state index contributed by atoms with van der Waals surface area (Å²) < 4.78 is 20.2. The lowest BCUT2D eigenvalue weighted by molar-refractivity contribution is -0.124. The maximum atomic E-state index is 15.2. The van der Waals surface area contributed by atoms with Gasteiger partial charge >= 0.3 is 0 Å². The Bertz CT molecular complexity index is 1810. The quantitative estimate of drug-likeness (QED) is 0.108. The van der Waals surface area contributed by atoms with Gasteiger partial charge in [0.25, 0.3) is 0 Å². The van der Waals surface area contributed by atoms with Gasteiger partial charge in [0.1, 0.15) is 11.6 Å². The lowest BCUT2D eigenvalue weighted by Gasteiger charge is -2.42. The van der Waals surface area contributed by atoms with Crippen LogP contribution in [0.5, 0.6) is 0 Å². The van der Waals surface area contributed by atoms with E-state index in [0.717, 1.165) is 123 Å². The number of aliphatic hydroxyl groups is 1. The number of pyridine rings is 1. The number of halogens is 1. The van der Waals surface area contributed by atoms with Gasteiger partial charge in [-0.1, -0.05) is 160 Å². The molecule has 1 aliphatic carbocycles. The molecule has 66 heavy (non-hydrogen) atoms. The Kier molecular flexibility index (Phi) is 28.8. The van der Waals surface area contributed by atoms with E-state index in [2.05, 4.69) is 118 Å². The molecule has 374 valence electrons. The maximum Gasteiger partial charge on any atom is 0.237 e. The summed E-state index contributed by atoms with van der Waals surface area (Å²) in [6.45, 7) is 36.6. The molecule has 0 unspecified atom stereocenters. The third kappa shape index (κ3) is 18.1. The summed E-state index contributed by atoms with van der Waals surface area (Å²) in [5, 5.41) is 10.3. The molecule has 1 saturated heterocycles. The topological polar surface area (TPSA) is 87.0 Å². The van der Waals surface area contributed by atoms with E-state index < -0.39 is 5.41 Å². The van der Waals surface area contributed by atoms with E-state index in [-0.39, 0.29) is 17.8 Å². The van der Waals surface area contributed by atoms with Crippen molar-refractivity contribution in [1.82, 2.24) is 4.98 Å². The van der Waals surface area contributed by atoms with Crippen molar-refractivity contribution < 1.29 is 19.0 Å². The standard InChI is InChI=1S/C39H53FN4O.C8H18.C6H12O.C4H10.CH4O/c1-8-14-17-32(40)33(16-10-3)42-37-27(7)34(41-22-13-6)26-35(43-37)29-18-19-31-36(25-29)44(30-23-28(24-30)15-9-2)38(45)39(31,20-11-4)21-12-5;1-5-7-8(3,4)6-2;1-5(2)6-3-7-4-6;1-4(2)3;1-2/h10,14,16-19,22,25-26,28,30H,8-9,11-13,15,20-21,23-24H2,1-7H3,(H,42,43);5-7H2,1-4H3;5-6H,3-4H2,1-2H3;4H,1-3H3;2H,1H3/b16-10-,17-14+,33-32-,41-22?;;;;. The maximum absolute atomic E-state index is 15.2. The molecule has 3 heterocycles. The van der Waals surface area contributed by atoms with Gasteiger partial charge in [-0.3, -0.25) is 9.79 Å². The van der Waals surface area contributed by atoms with E-state index in [9.17, 15) is 4.79 Å². The highest BCUT2D eigenvalue weighted by Gasteiger charge is 2.53. The molecule has 2 aliphatic heterocycles. The van der Waals surface area contributed by atoms with E-state index >= 15 is 4.39 Å². The number of ether oxygens (including phenoxy) is 1. The second-order valence-corrected chi connectivity index (χ2v) is 20.2. The number of allylic oxidation sites excluding steroid dienone is 5. The van der Waals surface area contributed by atoms with Gasteiger partial charge in [0.2, 0.25) is 5.91 Å². The van der Waals surface area contributed by atoms with E-state index in [1.54, 1.807) is 12.2 Å². The lowest BCUT2D eigenvalue weighted by Crippen LogP contribution is -2.50. The zero-order valence-electron chi connectivity index (χ0n) is 45.2. The van der Waals surface area contributed by atoms with Crippen LogP contribution >= 0.6 is 0 Å². The number of aliphatic hydroxyl groups excluding tert-OH is 1. The Morgan fingerprint density at radius 2 is 1.58 bits per heavy atom. The molecule has 8 heteroatoms. The van der Waals surface area contributed by atoms with Gasteiger partial charge in [0.05, 0.1) is 35.7 Å². The monoisotopic (exact) mass is 917 g/mol. The van der Waals surface area contributed by atoms with Gasteiger partial charge in [-0.05, 0) is 112 Å². The summed E-state index contributed by atoms with van der Waals surface area (Å²) >= 11 is 0. The van der Waals surface area contributed by atoms with Crippen LogP contribution in [0.3, 0.4) is 0 Å². The van der Waals surface area contributed by atoms with Crippen molar-refractivity contribution in [2.75, 3.05) is 30.5 Å². The smallest absolute Gasteiger partial charge is 0.237 e. The van der Waals surface area contributed by atoms with Crippen molar-refractivity contribution in [3.63, 3.8) is 0 Å². The first-order valence-electron chi connectivity index (χ1n) is 25.9. The molecule has 0 atom stereocenters. The van der Waals surface area contributed by atoms with Crippen LogP contribution in [0.15, 0.2) is 65.1 Å². The van der Waals surface area contributed by atoms with Gasteiger partial charge in [-0.15, -0.1) is 0 Å². The van der Waals surface area contributed by atoms with Crippen molar-refractivity contribution in [2.45, 2.75) is 206 Å². The Morgan fingerprint density at radius 3 is 2.02 bits per heavy atom. The molecule has 1 saturated carbocycles. The molecule has 7 nitrogen and oxygen atoms in total. The fraction of sp³-hybridized carbons (Fsp3) is 0.672. The molecule has 5 rings (SSSR count). The lowest BCUT2D eigenvalue weighted by atomic mass is 9.73. The van der Waals surface area contributed by atoms with Crippen LogP contribution in [0.25, 0.3) is 11.3 Å². The van der Waals surface area contributed by atoms with Gasteiger partial charge in [0, 0.05) is 42.1 Å². The SMILES string of the molecule is CC(C)C.CC(C)C1COC1.CCCC(C)(C)CC.CO.C\C=C/C(Nc1nc(-c2ccc3c(c2)N(C2CC(CCC)C2)C(=O)C3(CCC)CCC)cc(N=CCC)c1C)=C(F)\C=C\CC. The molecular formula is C58H97FN4O3. The van der Waals surface area contributed by atoms with Crippen LogP contribution in [-0.2, 0) is 14.9 Å². The van der Waals surface area contributed by atoms with E-state index in [1.165, 1.54) is 38.2 Å². The summed E-state index contributed by atoms with van der Waals surface area (Å²) in [4.78, 5) is 26.4. The largest absolute Gasteiger partial charge is 0.400 e. The zero-order valence-corrected chi connectivity index (χ0v) is 45.2. The van der Waals surface area contributed by atoms with Gasteiger partial charge in [-0.2, -0.15) is 0 Å². The first kappa shape index (κ1) is 60.4. The summed E-state index contributed by atoms with van der Waals surface area (Å²) in [7, 11) is 1.00. The van der Waals surface area contributed by atoms with Crippen molar-refractivity contribution in [3.05, 3.63) is 71.2 Å². The third-order valence-electron chi connectivity index (χ3n) is 12.8. The Labute approximate surface area is 404 Å². The van der Waals surface area contributed by atoms with Crippen LogP contribution in [-0.4, -0.2) is 48.6 Å². The molecular weight excluding hydrogens is 820 g/mol. The number of anilines is 2. The number of aliphatic imine (C=N–C) groups is 1. The van der Waals surface area contributed by atoms with Crippen molar-refractivity contribution >= 4 is 29.3 Å². The number of nitrogens with one attached hydrogen (secondary N) is 1. The summed E-state index contributed by atoms with van der Waals surface area (Å²) in [6.07, 6.45) is 22.5. The van der Waals surface area contributed by atoms with E-state index in [0.29, 0.717) is 22.8 Å². The normalized spacial score (nSPS) is 18.1. The molecule has 3 aliphatic rings. The summed E-state index contributed by atoms with van der Waals surface area (Å²) in [5.74, 6) is 3.71. The molecule has 0 radical (unpaired) electrons. The molecule has 2 N–H and O–H groups in total. The number of fused-ring (bicyclic) bond motifs is 1. The van der Waals surface area contributed by atoms with Crippen LogP contribution < -0.4 is 10.2 Å². The number of carbonyl (C=O) groups excluding carboxylic acids is 1. The molecule has 2 fully saturated rings. The average Bonchev–Trinajstić information content (AvgIpc) is 3.46. The predicted octanol–water partition coefficient (Wildman–Crippen LogP) is 16.9. The molecule has 0 spiro atoms.